The Bertz CT molecular complexity index is 657. The average Bonchev–Trinajstić information content (AvgIpc) is 2.98. The van der Waals surface area contributed by atoms with E-state index in [0.717, 1.165) is 10.9 Å². The van der Waals surface area contributed by atoms with E-state index in [1.165, 1.54) is 10.9 Å². The van der Waals surface area contributed by atoms with Gasteiger partial charge in [-0.2, -0.15) is 15.4 Å². The number of hydrogen-bond donors (Lipinski definition) is 1. The lowest BCUT2D eigenvalue weighted by Gasteiger charge is -1.96. The molecule has 0 aliphatic rings. The van der Waals surface area contributed by atoms with E-state index in [-0.39, 0.29) is 5.78 Å². The monoisotopic (exact) mass is 243 g/mol. The Morgan fingerprint density at radius 1 is 1.35 bits per heavy atom. The van der Waals surface area contributed by atoms with Gasteiger partial charge in [0.25, 0.3) is 0 Å². The van der Waals surface area contributed by atoms with Crippen LogP contribution in [0.2, 0.25) is 0 Å². The van der Waals surface area contributed by atoms with Crippen LogP contribution in [0.5, 0.6) is 0 Å². The van der Waals surface area contributed by atoms with Crippen LogP contribution in [0.1, 0.15) is 16.1 Å². The topological polar surface area (TPSA) is 58.6 Å². The molecule has 0 saturated carbocycles. The van der Waals surface area contributed by atoms with Gasteiger partial charge in [0.1, 0.15) is 5.69 Å². The van der Waals surface area contributed by atoms with Crippen LogP contribution in [0.4, 0.5) is 0 Å². The molecule has 0 spiro atoms. The Hall–Kier alpha value is -2.01. The van der Waals surface area contributed by atoms with E-state index in [1.54, 1.807) is 11.3 Å². The van der Waals surface area contributed by atoms with Crippen LogP contribution in [-0.2, 0) is 6.42 Å². The van der Waals surface area contributed by atoms with Gasteiger partial charge in [0.2, 0.25) is 0 Å². The average molecular weight is 243 g/mol. The summed E-state index contributed by atoms with van der Waals surface area (Å²) >= 11 is 1.66. The van der Waals surface area contributed by atoms with Gasteiger partial charge in [-0.15, -0.1) is 11.3 Å². The van der Waals surface area contributed by atoms with Crippen molar-refractivity contribution in [3.05, 3.63) is 47.1 Å². The predicted molar refractivity (Wildman–Crippen MR) is 66.2 cm³/mol. The van der Waals surface area contributed by atoms with E-state index in [2.05, 4.69) is 21.5 Å². The summed E-state index contributed by atoms with van der Waals surface area (Å²) in [5, 5.41) is 13.1. The molecule has 0 amide bonds. The first kappa shape index (κ1) is 10.2. The highest BCUT2D eigenvalue weighted by Crippen LogP contribution is 2.26. The first-order valence-corrected chi connectivity index (χ1v) is 6.06. The zero-order chi connectivity index (χ0) is 11.7. The summed E-state index contributed by atoms with van der Waals surface area (Å²) in [6, 6.07) is 8.09. The SMILES string of the molecule is O=C(Cc1csc2ccccc12)c1cn[nH]n1. The number of carbonyl (C=O) groups is 1. The molecule has 0 aliphatic heterocycles. The van der Waals surface area contributed by atoms with Crippen molar-refractivity contribution in [1.82, 2.24) is 15.4 Å². The summed E-state index contributed by atoms with van der Waals surface area (Å²) in [7, 11) is 0. The van der Waals surface area contributed by atoms with Gasteiger partial charge in [-0.05, 0) is 22.4 Å². The third kappa shape index (κ3) is 1.85. The van der Waals surface area contributed by atoms with E-state index in [0.29, 0.717) is 12.1 Å². The number of H-pyrrole nitrogens is 1. The van der Waals surface area contributed by atoms with Gasteiger partial charge in [-0.25, -0.2) is 0 Å². The zero-order valence-electron chi connectivity index (χ0n) is 8.88. The minimum absolute atomic E-state index is 0.0118. The fourth-order valence-electron chi connectivity index (χ4n) is 1.77. The number of ketones is 1. The predicted octanol–water partition coefficient (Wildman–Crippen LogP) is 2.44. The molecule has 2 heterocycles. The van der Waals surface area contributed by atoms with Crippen LogP contribution in [0.3, 0.4) is 0 Å². The van der Waals surface area contributed by atoms with Crippen molar-refractivity contribution in [3.63, 3.8) is 0 Å². The molecule has 5 heteroatoms. The summed E-state index contributed by atoms with van der Waals surface area (Å²) < 4.78 is 1.20. The fraction of sp³-hybridized carbons (Fsp3) is 0.0833. The molecule has 3 rings (SSSR count). The Kier molecular flexibility index (Phi) is 2.45. The molecule has 3 aromatic rings. The number of nitrogens with one attached hydrogen (secondary N) is 1. The summed E-state index contributed by atoms with van der Waals surface area (Å²) in [5.41, 5.74) is 1.44. The van der Waals surface area contributed by atoms with Crippen LogP contribution in [0.25, 0.3) is 10.1 Å². The van der Waals surface area contributed by atoms with Crippen molar-refractivity contribution in [2.75, 3.05) is 0 Å². The van der Waals surface area contributed by atoms with Gasteiger partial charge in [-0.1, -0.05) is 18.2 Å². The lowest BCUT2D eigenvalue weighted by Crippen LogP contribution is -2.03. The van der Waals surface area contributed by atoms with Gasteiger partial charge in [0.05, 0.1) is 6.20 Å². The maximum Gasteiger partial charge on any atom is 0.189 e. The number of Topliss-reactive ketones (excluding diaryl/α,β-unsaturated/α-hetero) is 1. The molecule has 0 atom stereocenters. The van der Waals surface area contributed by atoms with Gasteiger partial charge in [0.15, 0.2) is 5.78 Å². The van der Waals surface area contributed by atoms with Crippen molar-refractivity contribution in [2.45, 2.75) is 6.42 Å². The molecule has 84 valence electrons. The van der Waals surface area contributed by atoms with E-state index >= 15 is 0 Å². The molecule has 0 saturated heterocycles. The standard InChI is InChI=1S/C12H9N3OS/c16-11(10-6-13-15-14-10)5-8-7-17-12-4-2-1-3-9(8)12/h1-4,6-7H,5H2,(H,13,14,15). The largest absolute Gasteiger partial charge is 0.292 e. The van der Waals surface area contributed by atoms with Crippen molar-refractivity contribution in [2.24, 2.45) is 0 Å². The van der Waals surface area contributed by atoms with E-state index in [1.807, 2.05) is 23.6 Å². The number of carbonyl (C=O) groups excluding carboxylic acids is 1. The Morgan fingerprint density at radius 2 is 2.24 bits per heavy atom. The van der Waals surface area contributed by atoms with E-state index in [9.17, 15) is 4.79 Å². The molecule has 17 heavy (non-hydrogen) atoms. The van der Waals surface area contributed by atoms with E-state index < -0.39 is 0 Å². The highest BCUT2D eigenvalue weighted by Gasteiger charge is 2.12. The summed E-state index contributed by atoms with van der Waals surface area (Å²) in [4.78, 5) is 11.9. The molecule has 4 nitrogen and oxygen atoms in total. The molecule has 0 radical (unpaired) electrons. The maximum absolute atomic E-state index is 11.9. The van der Waals surface area contributed by atoms with Gasteiger partial charge in [0, 0.05) is 11.1 Å². The van der Waals surface area contributed by atoms with Crippen LogP contribution in [0, 0.1) is 0 Å². The number of hydrogen-bond acceptors (Lipinski definition) is 4. The Balaban J connectivity index is 1.93. The summed E-state index contributed by atoms with van der Waals surface area (Å²) in [5.74, 6) is -0.0118. The lowest BCUT2D eigenvalue weighted by atomic mass is 10.1. The highest BCUT2D eigenvalue weighted by molar-refractivity contribution is 7.17. The summed E-state index contributed by atoms with van der Waals surface area (Å²) in [6.45, 7) is 0. The van der Waals surface area contributed by atoms with Crippen LogP contribution in [-0.4, -0.2) is 21.2 Å². The summed E-state index contributed by atoms with van der Waals surface area (Å²) in [6.07, 6.45) is 1.83. The smallest absolute Gasteiger partial charge is 0.189 e. The van der Waals surface area contributed by atoms with Crippen molar-refractivity contribution in [3.8, 4) is 0 Å². The zero-order valence-corrected chi connectivity index (χ0v) is 9.70. The second kappa shape index (κ2) is 4.10. The lowest BCUT2D eigenvalue weighted by molar-refractivity contribution is 0.0988. The van der Waals surface area contributed by atoms with Crippen molar-refractivity contribution >= 4 is 27.2 Å². The molecular formula is C12H9N3OS. The molecule has 0 fully saturated rings. The number of benzene rings is 1. The minimum atomic E-state index is -0.0118. The number of aromatic nitrogens is 3. The van der Waals surface area contributed by atoms with Crippen LogP contribution < -0.4 is 0 Å². The number of fused-ring (bicyclic) bond motifs is 1. The normalized spacial score (nSPS) is 10.8. The Labute approximate surface area is 101 Å². The highest BCUT2D eigenvalue weighted by atomic mass is 32.1. The maximum atomic E-state index is 11.9. The van der Waals surface area contributed by atoms with Crippen molar-refractivity contribution in [1.29, 1.82) is 0 Å². The van der Waals surface area contributed by atoms with Gasteiger partial charge < -0.3 is 0 Å². The quantitative estimate of drug-likeness (QED) is 0.719. The number of nitrogens with zero attached hydrogens (tertiary/aromatic N) is 2. The molecule has 1 N–H and O–H groups in total. The van der Waals surface area contributed by atoms with Crippen LogP contribution >= 0.6 is 11.3 Å². The molecular weight excluding hydrogens is 234 g/mol. The first-order chi connectivity index (χ1) is 8.34. The third-order valence-corrected chi connectivity index (χ3v) is 3.63. The molecule has 0 bridgehead atoms. The van der Waals surface area contributed by atoms with E-state index in [4.69, 9.17) is 0 Å². The second-order valence-corrected chi connectivity index (χ2v) is 4.62. The molecule has 0 aliphatic carbocycles. The Morgan fingerprint density at radius 3 is 3.06 bits per heavy atom. The van der Waals surface area contributed by atoms with Gasteiger partial charge >= 0.3 is 0 Å². The van der Waals surface area contributed by atoms with Crippen molar-refractivity contribution < 1.29 is 4.79 Å². The first-order valence-electron chi connectivity index (χ1n) is 5.18. The van der Waals surface area contributed by atoms with Gasteiger partial charge in [-0.3, -0.25) is 4.79 Å². The number of aromatic amines is 1. The molecule has 2 aromatic heterocycles. The number of thiophene rings is 1. The minimum Gasteiger partial charge on any atom is -0.292 e. The molecule has 0 unspecified atom stereocenters. The molecule has 1 aromatic carbocycles. The second-order valence-electron chi connectivity index (χ2n) is 3.71. The third-order valence-electron chi connectivity index (χ3n) is 2.61. The number of rotatable bonds is 3. The van der Waals surface area contributed by atoms with Crippen LogP contribution in [0.15, 0.2) is 35.8 Å². The fourth-order valence-corrected chi connectivity index (χ4v) is 2.73.